The van der Waals surface area contributed by atoms with Crippen LogP contribution in [0.3, 0.4) is 0 Å². The van der Waals surface area contributed by atoms with Gasteiger partial charge in [-0.2, -0.15) is 0 Å². The molecule has 1 saturated heterocycles. The van der Waals surface area contributed by atoms with Gasteiger partial charge in [0.25, 0.3) is 0 Å². The number of hydrogen-bond donors (Lipinski definition) is 3. The van der Waals surface area contributed by atoms with E-state index in [4.69, 9.17) is 5.11 Å². The van der Waals surface area contributed by atoms with Gasteiger partial charge in [0.15, 0.2) is 0 Å². The quantitative estimate of drug-likeness (QED) is 0.760. The number of carboxylic acid groups (broad SMARTS) is 1. The molecule has 0 bridgehead atoms. The number of piperazine rings is 1. The third-order valence-corrected chi connectivity index (χ3v) is 3.53. The van der Waals surface area contributed by atoms with Gasteiger partial charge in [0.2, 0.25) is 0 Å². The molecule has 1 aliphatic rings. The highest BCUT2D eigenvalue weighted by Crippen LogP contribution is 2.16. The summed E-state index contributed by atoms with van der Waals surface area (Å²) in [6, 6.07) is 6.08. The van der Waals surface area contributed by atoms with Crippen molar-refractivity contribution in [3.05, 3.63) is 29.6 Å². The first-order chi connectivity index (χ1) is 9.70. The van der Waals surface area contributed by atoms with Crippen molar-refractivity contribution in [3.63, 3.8) is 0 Å². The molecule has 1 aliphatic heterocycles. The van der Waals surface area contributed by atoms with Crippen LogP contribution in [-0.4, -0.2) is 52.1 Å². The Balaban J connectivity index is 1.77. The van der Waals surface area contributed by atoms with Crippen LogP contribution in [-0.2, 0) is 17.8 Å². The summed E-state index contributed by atoms with van der Waals surface area (Å²) < 4.78 is 0. The molecule has 0 aliphatic carbocycles. The summed E-state index contributed by atoms with van der Waals surface area (Å²) in [5.74, 6) is -0.364. The second-order valence-corrected chi connectivity index (χ2v) is 5.13. The molecule has 20 heavy (non-hydrogen) atoms. The minimum absolute atomic E-state index is 0.0677. The molecule has 0 radical (unpaired) electrons. The molecule has 1 fully saturated rings. The number of aliphatic carboxylic acids is 1. The van der Waals surface area contributed by atoms with Crippen molar-refractivity contribution in [2.45, 2.75) is 13.0 Å². The molecule has 0 atom stereocenters. The van der Waals surface area contributed by atoms with Crippen LogP contribution < -0.4 is 5.32 Å². The summed E-state index contributed by atoms with van der Waals surface area (Å²) in [4.78, 5) is 20.5. The first-order valence-electron chi connectivity index (χ1n) is 6.83. The Bertz CT molecular complexity index is 617. The number of nitrogens with zero attached hydrogens (tertiary/aromatic N) is 2. The van der Waals surface area contributed by atoms with Crippen molar-refractivity contribution in [3.8, 4) is 0 Å². The van der Waals surface area contributed by atoms with Gasteiger partial charge in [0.05, 0.1) is 11.0 Å². The van der Waals surface area contributed by atoms with E-state index in [1.54, 1.807) is 0 Å². The zero-order chi connectivity index (χ0) is 13.9. The number of imidazole rings is 1. The highest BCUT2D eigenvalue weighted by Gasteiger charge is 2.11. The molecule has 0 unspecified atom stereocenters. The number of aromatic nitrogens is 2. The molecule has 6 heteroatoms. The second kappa shape index (κ2) is 5.60. The molecule has 2 aromatic rings. The Kier molecular flexibility index (Phi) is 3.66. The number of H-pyrrole nitrogens is 1. The summed E-state index contributed by atoms with van der Waals surface area (Å²) >= 11 is 0. The van der Waals surface area contributed by atoms with E-state index in [-0.39, 0.29) is 6.42 Å². The zero-order valence-electron chi connectivity index (χ0n) is 11.2. The lowest BCUT2D eigenvalue weighted by Gasteiger charge is -2.27. The number of aromatic amines is 1. The Hall–Kier alpha value is -1.92. The predicted octanol–water partition coefficient (Wildman–Crippen LogP) is 0.595. The Morgan fingerprint density at radius 2 is 2.15 bits per heavy atom. The van der Waals surface area contributed by atoms with E-state index in [9.17, 15) is 4.79 Å². The highest BCUT2D eigenvalue weighted by molar-refractivity contribution is 5.77. The van der Waals surface area contributed by atoms with Crippen LogP contribution in [0.2, 0.25) is 0 Å². The molecular weight excluding hydrogens is 256 g/mol. The van der Waals surface area contributed by atoms with E-state index in [1.165, 1.54) is 5.56 Å². The number of carbonyl (C=O) groups is 1. The van der Waals surface area contributed by atoms with Crippen LogP contribution in [0.25, 0.3) is 11.0 Å². The van der Waals surface area contributed by atoms with Gasteiger partial charge in [0, 0.05) is 32.7 Å². The van der Waals surface area contributed by atoms with Crippen LogP contribution in [0.1, 0.15) is 11.4 Å². The van der Waals surface area contributed by atoms with E-state index < -0.39 is 5.97 Å². The molecule has 6 nitrogen and oxygen atoms in total. The smallest absolute Gasteiger partial charge is 0.311 e. The monoisotopic (exact) mass is 274 g/mol. The SMILES string of the molecule is O=C(O)Cc1nc2ccc(CN3CCNCC3)cc2[nH]1. The largest absolute Gasteiger partial charge is 0.481 e. The lowest BCUT2D eigenvalue weighted by atomic mass is 10.2. The van der Waals surface area contributed by atoms with E-state index in [2.05, 4.69) is 32.3 Å². The number of fused-ring (bicyclic) bond motifs is 1. The minimum atomic E-state index is -0.870. The fraction of sp³-hybridized carbons (Fsp3) is 0.429. The topological polar surface area (TPSA) is 81.2 Å². The normalized spacial score (nSPS) is 16.6. The molecule has 0 spiro atoms. The molecule has 2 heterocycles. The summed E-state index contributed by atoms with van der Waals surface area (Å²) in [5.41, 5.74) is 2.96. The van der Waals surface area contributed by atoms with Crippen LogP contribution in [0.5, 0.6) is 0 Å². The predicted molar refractivity (Wildman–Crippen MR) is 75.6 cm³/mol. The molecule has 0 saturated carbocycles. The van der Waals surface area contributed by atoms with Crippen LogP contribution in [0.15, 0.2) is 18.2 Å². The standard InChI is InChI=1S/C14H18N4O2/c19-14(20)8-13-16-11-2-1-10(7-12(11)17-13)9-18-5-3-15-4-6-18/h1-2,7,15H,3-6,8-9H2,(H,16,17)(H,19,20). The Labute approximate surface area is 116 Å². The van der Waals surface area contributed by atoms with Gasteiger partial charge in [-0.15, -0.1) is 0 Å². The highest BCUT2D eigenvalue weighted by atomic mass is 16.4. The maximum atomic E-state index is 10.7. The van der Waals surface area contributed by atoms with Crippen molar-refractivity contribution in [1.82, 2.24) is 20.2 Å². The first kappa shape index (κ1) is 13.1. The van der Waals surface area contributed by atoms with Gasteiger partial charge in [-0.05, 0) is 17.7 Å². The van der Waals surface area contributed by atoms with Crippen LogP contribution >= 0.6 is 0 Å². The van der Waals surface area contributed by atoms with Crippen LogP contribution in [0.4, 0.5) is 0 Å². The number of benzene rings is 1. The molecule has 3 rings (SSSR count). The van der Waals surface area contributed by atoms with Gasteiger partial charge in [-0.25, -0.2) is 4.98 Å². The molecule has 106 valence electrons. The first-order valence-corrected chi connectivity index (χ1v) is 6.83. The Morgan fingerprint density at radius 3 is 2.90 bits per heavy atom. The summed E-state index contributed by atoms with van der Waals surface area (Å²) in [6.07, 6.45) is -0.0677. The van der Waals surface area contributed by atoms with E-state index >= 15 is 0 Å². The summed E-state index contributed by atoms with van der Waals surface area (Å²) in [5, 5.41) is 12.1. The zero-order valence-corrected chi connectivity index (χ0v) is 11.2. The maximum absolute atomic E-state index is 10.7. The second-order valence-electron chi connectivity index (χ2n) is 5.13. The van der Waals surface area contributed by atoms with Crippen molar-refractivity contribution >= 4 is 17.0 Å². The van der Waals surface area contributed by atoms with Gasteiger partial charge >= 0.3 is 5.97 Å². The lowest BCUT2D eigenvalue weighted by Crippen LogP contribution is -2.42. The minimum Gasteiger partial charge on any atom is -0.481 e. The maximum Gasteiger partial charge on any atom is 0.311 e. The Morgan fingerprint density at radius 1 is 1.35 bits per heavy atom. The number of hydrogen-bond acceptors (Lipinski definition) is 4. The van der Waals surface area contributed by atoms with E-state index in [0.717, 1.165) is 43.8 Å². The van der Waals surface area contributed by atoms with Crippen molar-refractivity contribution in [1.29, 1.82) is 0 Å². The van der Waals surface area contributed by atoms with Crippen LogP contribution in [0, 0.1) is 0 Å². The summed E-state index contributed by atoms with van der Waals surface area (Å²) in [6.45, 7) is 5.12. The van der Waals surface area contributed by atoms with E-state index in [1.807, 2.05) is 6.07 Å². The molecular formula is C14H18N4O2. The van der Waals surface area contributed by atoms with Crippen molar-refractivity contribution in [2.75, 3.05) is 26.2 Å². The van der Waals surface area contributed by atoms with Gasteiger partial charge < -0.3 is 15.4 Å². The van der Waals surface area contributed by atoms with Gasteiger partial charge in [-0.1, -0.05) is 6.07 Å². The lowest BCUT2D eigenvalue weighted by molar-refractivity contribution is -0.136. The average molecular weight is 274 g/mol. The van der Waals surface area contributed by atoms with Gasteiger partial charge in [0.1, 0.15) is 12.2 Å². The number of carboxylic acids is 1. The average Bonchev–Trinajstić information content (AvgIpc) is 2.80. The van der Waals surface area contributed by atoms with Crippen molar-refractivity contribution < 1.29 is 9.90 Å². The van der Waals surface area contributed by atoms with Crippen molar-refractivity contribution in [2.24, 2.45) is 0 Å². The van der Waals surface area contributed by atoms with E-state index in [0.29, 0.717) is 5.82 Å². The number of nitrogens with one attached hydrogen (secondary N) is 2. The fourth-order valence-corrected chi connectivity index (χ4v) is 2.56. The number of rotatable bonds is 4. The summed E-state index contributed by atoms with van der Waals surface area (Å²) in [7, 11) is 0. The third kappa shape index (κ3) is 2.97. The third-order valence-electron chi connectivity index (χ3n) is 3.53. The molecule has 3 N–H and O–H groups in total. The molecule has 1 aromatic heterocycles. The fourth-order valence-electron chi connectivity index (χ4n) is 2.56. The molecule has 0 amide bonds. The van der Waals surface area contributed by atoms with Gasteiger partial charge in [-0.3, -0.25) is 9.69 Å². The molecule has 1 aromatic carbocycles.